The Labute approximate surface area is 193 Å². The molecule has 1 heterocycles. The molecule has 8 heteroatoms. The van der Waals surface area contributed by atoms with Gasteiger partial charge in [-0.25, -0.2) is 8.42 Å². The summed E-state index contributed by atoms with van der Waals surface area (Å²) in [4.78, 5) is 4.88. The third-order valence-electron chi connectivity index (χ3n) is 5.82. The van der Waals surface area contributed by atoms with Crippen molar-refractivity contribution in [2.24, 2.45) is 0 Å². The van der Waals surface area contributed by atoms with Crippen molar-refractivity contribution in [2.45, 2.75) is 24.1 Å². The number of hydrogen-bond donors (Lipinski definition) is 0. The molecule has 33 heavy (non-hydrogen) atoms. The van der Waals surface area contributed by atoms with E-state index in [0.29, 0.717) is 18.0 Å². The van der Waals surface area contributed by atoms with E-state index in [2.05, 4.69) is 26.7 Å². The monoisotopic (exact) mass is 472 g/mol. The summed E-state index contributed by atoms with van der Waals surface area (Å²) in [6.45, 7) is 0.0176. The molecule has 1 atom stereocenters. The number of hydrogen-bond acceptors (Lipinski definition) is 5. The normalized spacial score (nSPS) is 17.3. The second-order valence-electron chi connectivity index (χ2n) is 8.13. The molecule has 174 valence electrons. The number of ether oxygens (including phenoxy) is 1. The van der Waals surface area contributed by atoms with Crippen LogP contribution in [0.5, 0.6) is 5.75 Å². The lowest BCUT2D eigenvalue weighted by Gasteiger charge is -2.43. The van der Waals surface area contributed by atoms with Crippen LogP contribution in [0.15, 0.2) is 83.8 Å². The molecule has 1 unspecified atom stereocenters. The van der Waals surface area contributed by atoms with Gasteiger partial charge in [0.25, 0.3) is 0 Å². The maximum absolute atomic E-state index is 12.4. The third-order valence-corrected chi connectivity index (χ3v) is 6.93. The summed E-state index contributed by atoms with van der Waals surface area (Å²) in [5.41, 5.74) is 3.05. The van der Waals surface area contributed by atoms with Gasteiger partial charge in [-0.3, -0.25) is 4.90 Å². The minimum atomic E-state index is -3.29. The minimum absolute atomic E-state index is 0.0823. The molecule has 0 amide bonds. The second-order valence-corrected chi connectivity index (χ2v) is 10.2. The van der Waals surface area contributed by atoms with Crippen LogP contribution in [-0.2, 0) is 16.4 Å². The van der Waals surface area contributed by atoms with E-state index in [9.17, 15) is 17.2 Å². The molecule has 0 spiro atoms. The van der Waals surface area contributed by atoms with Gasteiger partial charge in [-0.1, -0.05) is 48.5 Å². The number of piperazine rings is 1. The molecule has 1 aliphatic rings. The highest BCUT2D eigenvalue weighted by Crippen LogP contribution is 2.31. The predicted molar refractivity (Wildman–Crippen MR) is 124 cm³/mol. The fourth-order valence-corrected chi connectivity index (χ4v) is 4.82. The Morgan fingerprint density at radius 1 is 0.970 bits per heavy atom. The molecule has 0 aliphatic carbocycles. The summed E-state index contributed by atoms with van der Waals surface area (Å²) in [5.74, 6) is 0.143. The lowest BCUT2D eigenvalue weighted by Crippen LogP contribution is -2.48. The van der Waals surface area contributed by atoms with E-state index in [0.717, 1.165) is 24.3 Å². The van der Waals surface area contributed by atoms with E-state index < -0.39 is 16.4 Å². The second kappa shape index (κ2) is 9.89. The van der Waals surface area contributed by atoms with Crippen LogP contribution in [-0.4, -0.2) is 45.8 Å². The highest BCUT2D eigenvalue weighted by atomic mass is 32.2. The van der Waals surface area contributed by atoms with Crippen LogP contribution < -0.4 is 9.64 Å². The molecule has 1 aliphatic heterocycles. The third kappa shape index (κ3) is 5.89. The van der Waals surface area contributed by atoms with Crippen LogP contribution in [0.4, 0.5) is 14.5 Å². The first-order valence-electron chi connectivity index (χ1n) is 10.7. The van der Waals surface area contributed by atoms with E-state index in [-0.39, 0.29) is 11.8 Å². The zero-order valence-corrected chi connectivity index (χ0v) is 19.1. The van der Waals surface area contributed by atoms with Gasteiger partial charge in [-0.05, 0) is 41.5 Å². The van der Waals surface area contributed by atoms with Crippen LogP contribution in [0.2, 0.25) is 0 Å². The van der Waals surface area contributed by atoms with Crippen LogP contribution in [0.1, 0.15) is 17.2 Å². The van der Waals surface area contributed by atoms with E-state index >= 15 is 0 Å². The van der Waals surface area contributed by atoms with Crippen molar-refractivity contribution in [1.29, 1.82) is 0 Å². The number of nitrogens with zero attached hydrogens (tertiary/aromatic N) is 2. The summed E-state index contributed by atoms with van der Waals surface area (Å²) in [6, 6.07) is 24.1. The lowest BCUT2D eigenvalue weighted by molar-refractivity contribution is -0.0498. The molecule has 0 radical (unpaired) electrons. The fourth-order valence-electron chi connectivity index (χ4n) is 4.16. The van der Waals surface area contributed by atoms with E-state index in [1.54, 1.807) is 30.3 Å². The SMILES string of the molecule is CS(=O)(=O)c1cccc(N2CCN(Cc3ccc(OC(F)F)cc3)C(c3ccccc3)C2)c1. The minimum Gasteiger partial charge on any atom is -0.435 e. The molecular weight excluding hydrogens is 446 g/mol. The van der Waals surface area contributed by atoms with Gasteiger partial charge in [0.15, 0.2) is 9.84 Å². The van der Waals surface area contributed by atoms with E-state index in [1.165, 1.54) is 11.8 Å². The molecule has 0 bridgehead atoms. The molecular formula is C25H26F2N2O3S. The first-order chi connectivity index (χ1) is 15.8. The molecule has 1 saturated heterocycles. The summed E-state index contributed by atoms with van der Waals surface area (Å²) in [7, 11) is -3.29. The molecule has 0 aromatic heterocycles. The number of halogens is 2. The number of rotatable bonds is 7. The van der Waals surface area contributed by atoms with Gasteiger partial charge in [-0.15, -0.1) is 0 Å². The van der Waals surface area contributed by atoms with Crippen LogP contribution >= 0.6 is 0 Å². The lowest BCUT2D eigenvalue weighted by atomic mass is 10.0. The predicted octanol–water partition coefficient (Wildman–Crippen LogP) is 4.76. The van der Waals surface area contributed by atoms with Gasteiger partial charge in [0.2, 0.25) is 0 Å². The largest absolute Gasteiger partial charge is 0.435 e. The Bertz CT molecular complexity index is 1170. The smallest absolute Gasteiger partial charge is 0.387 e. The number of alkyl halides is 2. The fraction of sp³-hybridized carbons (Fsp3) is 0.280. The Morgan fingerprint density at radius 3 is 2.36 bits per heavy atom. The molecule has 1 fully saturated rings. The molecule has 0 N–H and O–H groups in total. The van der Waals surface area contributed by atoms with Crippen LogP contribution in [0, 0.1) is 0 Å². The maximum Gasteiger partial charge on any atom is 0.387 e. The number of anilines is 1. The highest BCUT2D eigenvalue weighted by Gasteiger charge is 2.29. The standard InChI is InChI=1S/C25H26F2N2O3S/c1-33(30,31)23-9-5-8-21(16-23)28-14-15-29(24(18-28)20-6-3-2-4-7-20)17-19-10-12-22(13-11-19)32-25(26)27/h2-13,16,24-25H,14-15,17-18H2,1H3. The molecule has 4 rings (SSSR count). The van der Waals surface area contributed by atoms with Gasteiger partial charge < -0.3 is 9.64 Å². The zero-order valence-electron chi connectivity index (χ0n) is 18.3. The Kier molecular flexibility index (Phi) is 6.95. The molecule has 3 aromatic rings. The van der Waals surface area contributed by atoms with Crippen molar-refractivity contribution in [3.63, 3.8) is 0 Å². The summed E-state index contributed by atoms with van der Waals surface area (Å²) < 4.78 is 53.3. The van der Waals surface area contributed by atoms with Crippen molar-refractivity contribution in [1.82, 2.24) is 4.90 Å². The average molecular weight is 473 g/mol. The van der Waals surface area contributed by atoms with Crippen molar-refractivity contribution in [3.8, 4) is 5.75 Å². The summed E-state index contributed by atoms with van der Waals surface area (Å²) >= 11 is 0. The number of sulfone groups is 1. The summed E-state index contributed by atoms with van der Waals surface area (Å²) in [5, 5.41) is 0. The van der Waals surface area contributed by atoms with Gasteiger partial charge in [0.05, 0.1) is 10.9 Å². The molecule has 0 saturated carbocycles. The Balaban J connectivity index is 1.56. The summed E-state index contributed by atoms with van der Waals surface area (Å²) in [6.07, 6.45) is 1.22. The average Bonchev–Trinajstić information content (AvgIpc) is 2.80. The number of benzene rings is 3. The van der Waals surface area contributed by atoms with Crippen LogP contribution in [0.25, 0.3) is 0 Å². The first kappa shape index (κ1) is 23.2. The molecule has 5 nitrogen and oxygen atoms in total. The Morgan fingerprint density at radius 2 is 1.70 bits per heavy atom. The van der Waals surface area contributed by atoms with Gasteiger partial charge in [0, 0.05) is 38.1 Å². The first-order valence-corrected chi connectivity index (χ1v) is 12.6. The van der Waals surface area contributed by atoms with Crippen LogP contribution in [0.3, 0.4) is 0 Å². The van der Waals surface area contributed by atoms with Gasteiger partial charge in [0.1, 0.15) is 5.75 Å². The molecule has 3 aromatic carbocycles. The highest BCUT2D eigenvalue weighted by molar-refractivity contribution is 7.90. The van der Waals surface area contributed by atoms with Crippen molar-refractivity contribution in [2.75, 3.05) is 30.8 Å². The van der Waals surface area contributed by atoms with Gasteiger partial charge >= 0.3 is 6.61 Å². The quantitative estimate of drug-likeness (QED) is 0.497. The topological polar surface area (TPSA) is 49.9 Å². The van der Waals surface area contributed by atoms with E-state index in [1.807, 2.05) is 36.4 Å². The van der Waals surface area contributed by atoms with E-state index in [4.69, 9.17) is 0 Å². The zero-order chi connectivity index (χ0) is 23.4. The van der Waals surface area contributed by atoms with Crippen molar-refractivity contribution >= 4 is 15.5 Å². The Hall–Kier alpha value is -2.97. The van der Waals surface area contributed by atoms with Gasteiger partial charge in [-0.2, -0.15) is 8.78 Å². The van der Waals surface area contributed by atoms with Crippen molar-refractivity contribution in [3.05, 3.63) is 90.0 Å². The maximum atomic E-state index is 12.4. The van der Waals surface area contributed by atoms with Crippen molar-refractivity contribution < 1.29 is 21.9 Å².